The second kappa shape index (κ2) is 6.71. The van der Waals surface area contributed by atoms with E-state index < -0.39 is 11.2 Å². The number of H-pyrrole nitrogens is 1. The number of nitrogens with one attached hydrogen (secondary N) is 2. The van der Waals surface area contributed by atoms with Crippen molar-refractivity contribution in [3.8, 4) is 0 Å². The van der Waals surface area contributed by atoms with E-state index in [-0.39, 0.29) is 11.5 Å². The highest BCUT2D eigenvalue weighted by molar-refractivity contribution is 5.80. The molecule has 8 nitrogen and oxygen atoms in total. The van der Waals surface area contributed by atoms with Crippen LogP contribution in [0, 0.1) is 5.82 Å². The number of aryl methyl sites for hydroxylation is 2. The Kier molecular flexibility index (Phi) is 4.46. The lowest BCUT2D eigenvalue weighted by Crippen LogP contribution is -2.29. The van der Waals surface area contributed by atoms with Crippen LogP contribution in [-0.4, -0.2) is 25.3 Å². The molecule has 3 aromatic rings. The van der Waals surface area contributed by atoms with Crippen molar-refractivity contribution >= 4 is 23.3 Å². The molecule has 3 rings (SSSR count). The molecule has 0 amide bonds. The average molecular weight is 344 g/mol. The van der Waals surface area contributed by atoms with Gasteiger partial charge in [-0.2, -0.15) is 10.1 Å². The van der Waals surface area contributed by atoms with Gasteiger partial charge in [0.15, 0.2) is 11.2 Å². The molecule has 2 N–H and O–H groups in total. The third-order valence-electron chi connectivity index (χ3n) is 3.70. The first kappa shape index (κ1) is 16.6. The lowest BCUT2D eigenvalue weighted by Gasteiger charge is -2.05. The summed E-state index contributed by atoms with van der Waals surface area (Å²) < 4.78 is 15.9. The lowest BCUT2D eigenvalue weighted by atomic mass is 10.2. The number of halogens is 1. The molecular formula is C16H17FN6O2. The third kappa shape index (κ3) is 3.21. The molecule has 0 unspecified atom stereocenters. The number of hydrogen-bond donors (Lipinski definition) is 2. The summed E-state index contributed by atoms with van der Waals surface area (Å²) >= 11 is 0. The minimum Gasteiger partial charge on any atom is -0.303 e. The predicted molar refractivity (Wildman–Crippen MR) is 93.5 cm³/mol. The maximum atomic E-state index is 12.9. The number of fused-ring (bicyclic) bond motifs is 1. The molecule has 0 aliphatic rings. The standard InChI is InChI=1S/C16H17FN6O2/c1-3-8-23-12-13(22(2)16(25)20-14(12)24)19-15(23)21-18-9-10-4-6-11(17)7-5-10/h4-7,9H,3,8H2,1-2H3,(H,19,21)(H,20,24,25)/b18-9-. The van der Waals surface area contributed by atoms with E-state index in [2.05, 4.69) is 20.5 Å². The number of imidazole rings is 1. The monoisotopic (exact) mass is 344 g/mol. The van der Waals surface area contributed by atoms with Gasteiger partial charge in [0, 0.05) is 13.6 Å². The van der Waals surface area contributed by atoms with Crippen LogP contribution in [-0.2, 0) is 13.6 Å². The maximum absolute atomic E-state index is 12.9. The fourth-order valence-electron chi connectivity index (χ4n) is 2.47. The van der Waals surface area contributed by atoms with Crippen LogP contribution in [0.15, 0.2) is 39.0 Å². The Hall–Kier alpha value is -3.23. The molecule has 0 bridgehead atoms. The molecule has 0 atom stereocenters. The Balaban J connectivity index is 2.00. The number of anilines is 1. The zero-order valence-corrected chi connectivity index (χ0v) is 13.8. The van der Waals surface area contributed by atoms with Crippen molar-refractivity contribution in [2.24, 2.45) is 12.1 Å². The maximum Gasteiger partial charge on any atom is 0.329 e. The molecule has 0 saturated heterocycles. The van der Waals surface area contributed by atoms with Crippen LogP contribution in [0.25, 0.3) is 11.2 Å². The number of benzene rings is 1. The van der Waals surface area contributed by atoms with Gasteiger partial charge in [-0.15, -0.1) is 0 Å². The zero-order chi connectivity index (χ0) is 18.0. The number of nitrogens with zero attached hydrogens (tertiary/aromatic N) is 4. The van der Waals surface area contributed by atoms with Gasteiger partial charge in [0.1, 0.15) is 5.82 Å². The number of aromatic nitrogens is 4. The number of aromatic amines is 1. The van der Waals surface area contributed by atoms with E-state index in [0.29, 0.717) is 23.6 Å². The summed E-state index contributed by atoms with van der Waals surface area (Å²) in [6, 6.07) is 5.85. The van der Waals surface area contributed by atoms with Crippen molar-refractivity contribution in [2.75, 3.05) is 5.43 Å². The van der Waals surface area contributed by atoms with E-state index in [4.69, 9.17) is 0 Å². The summed E-state index contributed by atoms with van der Waals surface area (Å²) in [4.78, 5) is 30.5. The molecule has 2 heterocycles. The summed E-state index contributed by atoms with van der Waals surface area (Å²) in [6.45, 7) is 2.50. The quantitative estimate of drug-likeness (QED) is 0.540. The molecule has 130 valence electrons. The van der Waals surface area contributed by atoms with Gasteiger partial charge in [-0.3, -0.25) is 14.3 Å². The molecule has 2 aromatic heterocycles. The van der Waals surface area contributed by atoms with E-state index in [1.54, 1.807) is 16.7 Å². The summed E-state index contributed by atoms with van der Waals surface area (Å²) in [5.41, 5.74) is 3.06. The molecule has 0 aliphatic carbocycles. The van der Waals surface area contributed by atoms with Crippen LogP contribution < -0.4 is 16.7 Å². The van der Waals surface area contributed by atoms with Crippen molar-refractivity contribution < 1.29 is 4.39 Å². The molecule has 0 radical (unpaired) electrons. The average Bonchev–Trinajstić information content (AvgIpc) is 2.94. The van der Waals surface area contributed by atoms with Gasteiger partial charge in [-0.1, -0.05) is 19.1 Å². The smallest absolute Gasteiger partial charge is 0.303 e. The largest absolute Gasteiger partial charge is 0.329 e. The lowest BCUT2D eigenvalue weighted by molar-refractivity contribution is 0.628. The van der Waals surface area contributed by atoms with Gasteiger partial charge in [-0.05, 0) is 24.1 Å². The van der Waals surface area contributed by atoms with Crippen molar-refractivity contribution in [2.45, 2.75) is 19.9 Å². The van der Waals surface area contributed by atoms with Crippen molar-refractivity contribution in [3.05, 3.63) is 56.5 Å². The van der Waals surface area contributed by atoms with E-state index in [0.717, 1.165) is 6.42 Å². The predicted octanol–water partition coefficient (Wildman–Crippen LogP) is 1.42. The fourth-order valence-corrected chi connectivity index (χ4v) is 2.47. The zero-order valence-electron chi connectivity index (χ0n) is 13.8. The van der Waals surface area contributed by atoms with Gasteiger partial charge >= 0.3 is 5.69 Å². The van der Waals surface area contributed by atoms with Gasteiger partial charge in [-0.25, -0.2) is 14.6 Å². The number of hydrogen-bond acceptors (Lipinski definition) is 5. The highest BCUT2D eigenvalue weighted by atomic mass is 19.1. The van der Waals surface area contributed by atoms with Gasteiger partial charge < -0.3 is 4.57 Å². The number of hydrazone groups is 1. The van der Waals surface area contributed by atoms with Crippen molar-refractivity contribution in [1.29, 1.82) is 0 Å². The SMILES string of the molecule is CCCn1c(N/N=C\c2ccc(F)cc2)nc2c1c(=O)[nH]c(=O)n2C. The topological polar surface area (TPSA) is 97.1 Å². The summed E-state index contributed by atoms with van der Waals surface area (Å²) in [6.07, 6.45) is 2.28. The highest BCUT2D eigenvalue weighted by Gasteiger charge is 2.16. The normalized spacial score (nSPS) is 11.5. The molecule has 0 fully saturated rings. The number of rotatable bonds is 5. The van der Waals surface area contributed by atoms with Gasteiger partial charge in [0.2, 0.25) is 5.95 Å². The Morgan fingerprint density at radius 2 is 2.04 bits per heavy atom. The van der Waals surface area contributed by atoms with Gasteiger partial charge in [0.25, 0.3) is 5.56 Å². The van der Waals surface area contributed by atoms with Gasteiger partial charge in [0.05, 0.1) is 6.21 Å². The Bertz CT molecular complexity index is 1050. The van der Waals surface area contributed by atoms with Crippen LogP contribution in [0.5, 0.6) is 0 Å². The Labute approximate surface area is 141 Å². The molecule has 0 aliphatic heterocycles. The molecule has 9 heteroatoms. The van der Waals surface area contributed by atoms with Crippen LogP contribution >= 0.6 is 0 Å². The van der Waals surface area contributed by atoms with Crippen LogP contribution in [0.2, 0.25) is 0 Å². The third-order valence-corrected chi connectivity index (χ3v) is 3.70. The first-order valence-corrected chi connectivity index (χ1v) is 7.75. The second-order valence-corrected chi connectivity index (χ2v) is 5.50. The first-order chi connectivity index (χ1) is 12.0. The van der Waals surface area contributed by atoms with Crippen LogP contribution in [0.3, 0.4) is 0 Å². The van der Waals surface area contributed by atoms with E-state index in [9.17, 15) is 14.0 Å². The first-order valence-electron chi connectivity index (χ1n) is 7.75. The Morgan fingerprint density at radius 1 is 1.32 bits per heavy atom. The molecule has 0 saturated carbocycles. The van der Waals surface area contributed by atoms with Crippen molar-refractivity contribution in [3.63, 3.8) is 0 Å². The molecular weight excluding hydrogens is 327 g/mol. The van der Waals surface area contributed by atoms with E-state index >= 15 is 0 Å². The molecule has 25 heavy (non-hydrogen) atoms. The van der Waals surface area contributed by atoms with Crippen molar-refractivity contribution in [1.82, 2.24) is 19.1 Å². The minimum atomic E-state index is -0.528. The fraction of sp³-hybridized carbons (Fsp3) is 0.250. The Morgan fingerprint density at radius 3 is 2.72 bits per heavy atom. The second-order valence-electron chi connectivity index (χ2n) is 5.50. The van der Waals surface area contributed by atoms with Crippen LogP contribution in [0.4, 0.5) is 10.3 Å². The molecule has 1 aromatic carbocycles. The summed E-state index contributed by atoms with van der Waals surface area (Å²) in [5.74, 6) is 0.0249. The summed E-state index contributed by atoms with van der Waals surface area (Å²) in [5, 5.41) is 4.08. The van der Waals surface area contributed by atoms with E-state index in [1.807, 2.05) is 6.92 Å². The highest BCUT2D eigenvalue weighted by Crippen LogP contribution is 2.15. The van der Waals surface area contributed by atoms with Crippen LogP contribution in [0.1, 0.15) is 18.9 Å². The van der Waals surface area contributed by atoms with E-state index in [1.165, 1.54) is 30.0 Å². The minimum absolute atomic E-state index is 0.279. The molecule has 0 spiro atoms. The summed E-state index contributed by atoms with van der Waals surface area (Å²) in [7, 11) is 1.54.